The minimum Gasteiger partial charge on any atom is -0.507 e. The first kappa shape index (κ1) is 37.2. The molecule has 2 aliphatic carbocycles. The molecule has 0 aromatic heterocycles. The first-order valence-corrected chi connectivity index (χ1v) is 20.9. The lowest BCUT2D eigenvalue weighted by Crippen LogP contribution is -2.05. The Morgan fingerprint density at radius 2 is 0.650 bits per heavy atom. The third kappa shape index (κ3) is 6.49. The SMILES string of the molecule is Cc1cc(-c2ccccc2OCCCCOc2ccccc2-c2cc(C)cc(C3c4ccccc4-c4ccccc43)c2O)c(O)c(C2c3ccccc3-c3ccccc32)c1. The molecule has 0 bridgehead atoms. The van der Waals surface area contributed by atoms with E-state index in [0.717, 1.165) is 68.8 Å². The van der Waals surface area contributed by atoms with Crippen molar-refractivity contribution < 1.29 is 19.7 Å². The van der Waals surface area contributed by atoms with Crippen molar-refractivity contribution in [3.63, 3.8) is 0 Å². The van der Waals surface area contributed by atoms with Crippen molar-refractivity contribution in [1.29, 1.82) is 0 Å². The molecule has 60 heavy (non-hydrogen) atoms. The van der Waals surface area contributed by atoms with Crippen LogP contribution in [0.5, 0.6) is 23.0 Å². The quantitative estimate of drug-likeness (QED) is 0.128. The summed E-state index contributed by atoms with van der Waals surface area (Å²) in [5.74, 6) is 1.92. The number of fused-ring (bicyclic) bond motifs is 6. The Bertz CT molecular complexity index is 2620. The Labute approximate surface area is 352 Å². The minimum absolute atomic E-state index is 0.0616. The Morgan fingerprint density at radius 3 is 1.00 bits per heavy atom. The number of benzene rings is 8. The van der Waals surface area contributed by atoms with Gasteiger partial charge in [0.2, 0.25) is 0 Å². The number of rotatable bonds is 11. The van der Waals surface area contributed by atoms with E-state index in [1.54, 1.807) is 0 Å². The van der Waals surface area contributed by atoms with Crippen LogP contribution in [0.4, 0.5) is 0 Å². The van der Waals surface area contributed by atoms with Crippen molar-refractivity contribution in [1.82, 2.24) is 0 Å². The van der Waals surface area contributed by atoms with E-state index in [1.165, 1.54) is 44.5 Å². The normalized spacial score (nSPS) is 12.8. The summed E-state index contributed by atoms with van der Waals surface area (Å²) >= 11 is 0. The summed E-state index contributed by atoms with van der Waals surface area (Å²) in [6.07, 6.45) is 1.55. The van der Waals surface area contributed by atoms with Crippen molar-refractivity contribution in [3.05, 3.63) is 214 Å². The summed E-state index contributed by atoms with van der Waals surface area (Å²) in [4.78, 5) is 0. The molecular weight excluding hydrogens is 737 g/mol. The van der Waals surface area contributed by atoms with Gasteiger partial charge in [0, 0.05) is 45.2 Å². The number of phenolic OH excluding ortho intramolecular Hbond substituents is 2. The number of aromatic hydroxyl groups is 2. The van der Waals surface area contributed by atoms with Crippen LogP contribution in [0.2, 0.25) is 0 Å². The van der Waals surface area contributed by atoms with Crippen molar-refractivity contribution in [2.45, 2.75) is 38.5 Å². The largest absolute Gasteiger partial charge is 0.507 e. The Hall–Kier alpha value is -7.04. The van der Waals surface area contributed by atoms with E-state index in [0.29, 0.717) is 13.2 Å². The molecule has 0 heterocycles. The van der Waals surface area contributed by atoms with Crippen LogP contribution in [0.15, 0.2) is 170 Å². The maximum Gasteiger partial charge on any atom is 0.127 e. The predicted molar refractivity (Wildman–Crippen MR) is 242 cm³/mol. The van der Waals surface area contributed by atoms with E-state index < -0.39 is 0 Å². The van der Waals surface area contributed by atoms with Gasteiger partial charge < -0.3 is 19.7 Å². The van der Waals surface area contributed by atoms with E-state index in [-0.39, 0.29) is 23.3 Å². The number of ether oxygens (including phenoxy) is 2. The average molecular weight is 783 g/mol. The number of phenols is 2. The molecule has 4 heteroatoms. The molecular formula is C56H46O4. The van der Waals surface area contributed by atoms with E-state index in [9.17, 15) is 10.2 Å². The molecule has 0 amide bonds. The molecule has 8 aromatic rings. The van der Waals surface area contributed by atoms with Gasteiger partial charge in [-0.25, -0.2) is 0 Å². The summed E-state index contributed by atoms with van der Waals surface area (Å²) in [6.45, 7) is 5.18. The Kier molecular flexibility index (Phi) is 9.69. The van der Waals surface area contributed by atoms with E-state index in [2.05, 4.69) is 135 Å². The molecule has 10 rings (SSSR count). The van der Waals surface area contributed by atoms with Gasteiger partial charge in [0.15, 0.2) is 0 Å². The van der Waals surface area contributed by atoms with Crippen molar-refractivity contribution in [2.24, 2.45) is 0 Å². The van der Waals surface area contributed by atoms with E-state index >= 15 is 0 Å². The molecule has 2 aliphatic rings. The second-order valence-electron chi connectivity index (χ2n) is 16.1. The highest BCUT2D eigenvalue weighted by molar-refractivity contribution is 5.86. The van der Waals surface area contributed by atoms with Crippen molar-refractivity contribution in [2.75, 3.05) is 13.2 Å². The highest BCUT2D eigenvalue weighted by Crippen LogP contribution is 2.53. The highest BCUT2D eigenvalue weighted by Gasteiger charge is 2.34. The molecule has 0 saturated carbocycles. The van der Waals surface area contributed by atoms with E-state index in [1.807, 2.05) is 48.5 Å². The minimum atomic E-state index is -0.0616. The summed E-state index contributed by atoms with van der Waals surface area (Å²) in [5.41, 5.74) is 17.0. The smallest absolute Gasteiger partial charge is 0.127 e. The van der Waals surface area contributed by atoms with Crippen LogP contribution in [0.1, 0.15) is 69.2 Å². The van der Waals surface area contributed by atoms with Gasteiger partial charge in [-0.05, 0) is 107 Å². The summed E-state index contributed by atoms with van der Waals surface area (Å²) in [7, 11) is 0. The summed E-state index contributed by atoms with van der Waals surface area (Å²) in [5, 5.41) is 24.1. The molecule has 0 radical (unpaired) electrons. The number of unbranched alkanes of at least 4 members (excludes halogenated alkanes) is 1. The van der Waals surface area contributed by atoms with Crippen molar-refractivity contribution >= 4 is 0 Å². The Balaban J connectivity index is 0.845. The second kappa shape index (κ2) is 15.6. The number of para-hydroxylation sites is 2. The lowest BCUT2D eigenvalue weighted by atomic mass is 9.85. The number of hydrogen-bond donors (Lipinski definition) is 2. The lowest BCUT2D eigenvalue weighted by molar-refractivity contribution is 0.267. The summed E-state index contributed by atoms with van der Waals surface area (Å²) in [6, 6.07) is 58.4. The topological polar surface area (TPSA) is 58.9 Å². The van der Waals surface area contributed by atoms with Crippen molar-refractivity contribution in [3.8, 4) is 67.5 Å². The highest BCUT2D eigenvalue weighted by atomic mass is 16.5. The molecule has 0 unspecified atom stereocenters. The monoisotopic (exact) mass is 782 g/mol. The molecule has 0 atom stereocenters. The molecule has 2 N–H and O–H groups in total. The van der Waals surface area contributed by atoms with Crippen LogP contribution >= 0.6 is 0 Å². The maximum absolute atomic E-state index is 12.1. The first-order chi connectivity index (χ1) is 29.5. The van der Waals surface area contributed by atoms with Crippen LogP contribution in [-0.2, 0) is 0 Å². The fourth-order valence-electron chi connectivity index (χ4n) is 9.64. The molecule has 294 valence electrons. The maximum atomic E-state index is 12.1. The van der Waals surface area contributed by atoms with Crippen LogP contribution < -0.4 is 9.47 Å². The second-order valence-corrected chi connectivity index (χ2v) is 16.1. The van der Waals surface area contributed by atoms with Gasteiger partial charge in [0.05, 0.1) is 13.2 Å². The standard InChI is InChI=1S/C56H46O4/c1-35-31-47(55(57)49(33-35)53-43-23-7-3-17-37(43)38-18-4-8-24-44(38)53)41-21-11-13-27-51(41)59-29-15-16-30-60-52-28-14-12-22-42(52)48-32-36(2)34-50(56(48)58)54-45-25-9-5-19-39(45)40-20-6-10-26-46(40)54/h3-14,17-28,31-34,53-54,57-58H,15-16,29-30H2,1-2H3. The lowest BCUT2D eigenvalue weighted by Gasteiger charge is -2.20. The first-order valence-electron chi connectivity index (χ1n) is 20.9. The fraction of sp³-hybridized carbons (Fsp3) is 0.143. The van der Waals surface area contributed by atoms with Gasteiger partial charge in [-0.3, -0.25) is 0 Å². The zero-order valence-corrected chi connectivity index (χ0v) is 33.9. The van der Waals surface area contributed by atoms with Gasteiger partial charge in [0.1, 0.15) is 23.0 Å². The predicted octanol–water partition coefficient (Wildman–Crippen LogP) is 13.6. The molecule has 4 nitrogen and oxygen atoms in total. The summed E-state index contributed by atoms with van der Waals surface area (Å²) < 4.78 is 12.9. The molecule has 0 saturated heterocycles. The molecule has 0 spiro atoms. The third-order valence-corrected chi connectivity index (χ3v) is 12.3. The van der Waals surface area contributed by atoms with Crippen LogP contribution in [-0.4, -0.2) is 23.4 Å². The number of aryl methyl sites for hydroxylation is 2. The van der Waals surface area contributed by atoms with Crippen LogP contribution in [0.3, 0.4) is 0 Å². The average Bonchev–Trinajstić information content (AvgIpc) is 3.79. The number of hydrogen-bond acceptors (Lipinski definition) is 4. The zero-order valence-electron chi connectivity index (χ0n) is 33.9. The molecule has 0 fully saturated rings. The van der Waals surface area contributed by atoms with Gasteiger partial charge in [-0.2, -0.15) is 0 Å². The van der Waals surface area contributed by atoms with Gasteiger partial charge in [-0.1, -0.05) is 146 Å². The van der Waals surface area contributed by atoms with Gasteiger partial charge in [0.25, 0.3) is 0 Å². The fourth-order valence-corrected chi connectivity index (χ4v) is 9.64. The Morgan fingerprint density at radius 1 is 0.350 bits per heavy atom. The molecule has 0 aliphatic heterocycles. The van der Waals surface area contributed by atoms with Gasteiger partial charge in [-0.15, -0.1) is 0 Å². The van der Waals surface area contributed by atoms with Gasteiger partial charge >= 0.3 is 0 Å². The van der Waals surface area contributed by atoms with E-state index in [4.69, 9.17) is 9.47 Å². The molecule has 8 aromatic carbocycles. The zero-order chi connectivity index (χ0) is 40.7. The van der Waals surface area contributed by atoms with Crippen LogP contribution in [0.25, 0.3) is 44.5 Å². The van der Waals surface area contributed by atoms with Crippen LogP contribution in [0, 0.1) is 13.8 Å². The third-order valence-electron chi connectivity index (χ3n) is 12.3.